The van der Waals surface area contributed by atoms with Crippen molar-refractivity contribution in [2.24, 2.45) is 0 Å². The molecular formula is C63H42N2. The standard InChI is InChI=1S/C63H42N2/c1-4-19-43(20-5-1)45-35-40-59-55(41-45)61-60(42-46-22-11-13-29-52(46)62(61)65(59)58-34-18-23-44-21-10-12-28-51(44)58)64(49-26-8-3-9-27-49)50-38-36-48(37-39-50)63(47-24-6-2-7-25-47)56-32-16-14-30-53(56)54-31-15-17-33-57(54)63/h1-42H. The molecule has 0 saturated carbocycles. The third-order valence-electron chi connectivity index (χ3n) is 13.8. The van der Waals surface area contributed by atoms with Gasteiger partial charge in [-0.05, 0) is 104 Å². The molecule has 0 bridgehead atoms. The van der Waals surface area contributed by atoms with E-state index in [-0.39, 0.29) is 0 Å². The van der Waals surface area contributed by atoms with Gasteiger partial charge in [-0.2, -0.15) is 0 Å². The van der Waals surface area contributed by atoms with E-state index in [0.29, 0.717) is 0 Å². The van der Waals surface area contributed by atoms with Crippen LogP contribution in [0.2, 0.25) is 0 Å². The van der Waals surface area contributed by atoms with E-state index in [2.05, 4.69) is 264 Å². The zero-order valence-corrected chi connectivity index (χ0v) is 35.6. The molecule has 0 N–H and O–H groups in total. The van der Waals surface area contributed by atoms with Gasteiger partial charge in [0.1, 0.15) is 0 Å². The van der Waals surface area contributed by atoms with Gasteiger partial charge < -0.3 is 9.47 Å². The van der Waals surface area contributed by atoms with Gasteiger partial charge in [-0.25, -0.2) is 0 Å². The summed E-state index contributed by atoms with van der Waals surface area (Å²) in [7, 11) is 0. The van der Waals surface area contributed by atoms with Crippen molar-refractivity contribution >= 4 is 60.4 Å². The van der Waals surface area contributed by atoms with Crippen LogP contribution in [0.3, 0.4) is 0 Å². The van der Waals surface area contributed by atoms with E-state index < -0.39 is 5.41 Å². The highest BCUT2D eigenvalue weighted by atomic mass is 15.1. The first-order valence-electron chi connectivity index (χ1n) is 22.5. The predicted molar refractivity (Wildman–Crippen MR) is 273 cm³/mol. The topological polar surface area (TPSA) is 8.17 Å². The summed E-state index contributed by atoms with van der Waals surface area (Å²) in [6.07, 6.45) is 0. The van der Waals surface area contributed by atoms with Gasteiger partial charge in [-0.1, -0.05) is 206 Å². The fourth-order valence-electron chi connectivity index (χ4n) is 11.1. The molecule has 0 saturated heterocycles. The van der Waals surface area contributed by atoms with Crippen LogP contribution < -0.4 is 4.90 Å². The third-order valence-corrected chi connectivity index (χ3v) is 13.8. The van der Waals surface area contributed by atoms with Crippen LogP contribution in [-0.4, -0.2) is 4.57 Å². The summed E-state index contributed by atoms with van der Waals surface area (Å²) in [5, 5.41) is 7.23. The molecule has 0 unspecified atom stereocenters. The second kappa shape index (κ2) is 14.8. The molecule has 12 aromatic rings. The van der Waals surface area contributed by atoms with Crippen LogP contribution >= 0.6 is 0 Å². The Labute approximate surface area is 378 Å². The quantitative estimate of drug-likeness (QED) is 0.155. The molecule has 0 amide bonds. The highest BCUT2D eigenvalue weighted by Crippen LogP contribution is 2.56. The minimum atomic E-state index is -0.486. The van der Waals surface area contributed by atoms with Crippen molar-refractivity contribution in [1.29, 1.82) is 0 Å². The summed E-state index contributed by atoms with van der Waals surface area (Å²) in [4.78, 5) is 2.48. The summed E-state index contributed by atoms with van der Waals surface area (Å²) in [5.74, 6) is 0. The molecule has 0 radical (unpaired) electrons. The van der Waals surface area contributed by atoms with Crippen LogP contribution in [0.25, 0.3) is 71.3 Å². The molecule has 0 spiro atoms. The Morgan fingerprint density at radius 1 is 0.354 bits per heavy atom. The average Bonchev–Trinajstić information content (AvgIpc) is 3.89. The Hall–Kier alpha value is -8.46. The lowest BCUT2D eigenvalue weighted by atomic mass is 9.68. The average molecular weight is 827 g/mol. The monoisotopic (exact) mass is 826 g/mol. The van der Waals surface area contributed by atoms with E-state index in [9.17, 15) is 0 Å². The van der Waals surface area contributed by atoms with Gasteiger partial charge in [0.15, 0.2) is 0 Å². The molecule has 304 valence electrons. The van der Waals surface area contributed by atoms with Crippen LogP contribution in [-0.2, 0) is 5.41 Å². The van der Waals surface area contributed by atoms with Crippen molar-refractivity contribution < 1.29 is 0 Å². The van der Waals surface area contributed by atoms with Gasteiger partial charge in [0.25, 0.3) is 0 Å². The number of nitrogens with zero attached hydrogens (tertiary/aromatic N) is 2. The first-order chi connectivity index (χ1) is 32.3. The normalized spacial score (nSPS) is 12.7. The zero-order chi connectivity index (χ0) is 42.9. The van der Waals surface area contributed by atoms with Gasteiger partial charge in [-0.3, -0.25) is 0 Å². The van der Waals surface area contributed by atoms with Crippen LogP contribution in [0.5, 0.6) is 0 Å². The second-order valence-corrected chi connectivity index (χ2v) is 17.2. The van der Waals surface area contributed by atoms with E-state index >= 15 is 0 Å². The predicted octanol–water partition coefficient (Wildman–Crippen LogP) is 16.6. The maximum atomic E-state index is 2.53. The van der Waals surface area contributed by atoms with Gasteiger partial charge in [0.05, 0.1) is 27.8 Å². The van der Waals surface area contributed by atoms with Crippen molar-refractivity contribution in [2.75, 3.05) is 4.90 Å². The molecule has 1 aromatic heterocycles. The summed E-state index contributed by atoms with van der Waals surface area (Å²) >= 11 is 0. The summed E-state index contributed by atoms with van der Waals surface area (Å²) in [5.41, 5.74) is 16.4. The molecule has 1 aliphatic carbocycles. The Morgan fingerprint density at radius 3 is 1.63 bits per heavy atom. The zero-order valence-electron chi connectivity index (χ0n) is 35.6. The van der Waals surface area contributed by atoms with Crippen LogP contribution in [0.1, 0.15) is 22.3 Å². The number of benzene rings is 11. The number of hydrogen-bond donors (Lipinski definition) is 0. The van der Waals surface area contributed by atoms with Crippen molar-refractivity contribution in [2.45, 2.75) is 5.41 Å². The summed E-state index contributed by atoms with van der Waals surface area (Å²) < 4.78 is 2.53. The fraction of sp³-hybridized carbons (Fsp3) is 0.0159. The van der Waals surface area contributed by atoms with Gasteiger partial charge in [-0.15, -0.1) is 0 Å². The molecule has 2 nitrogen and oxygen atoms in total. The Balaban J connectivity index is 1.11. The molecule has 1 heterocycles. The van der Waals surface area contributed by atoms with E-state index in [1.807, 2.05) is 0 Å². The van der Waals surface area contributed by atoms with Crippen LogP contribution in [0, 0.1) is 0 Å². The van der Waals surface area contributed by atoms with Crippen molar-refractivity contribution in [3.05, 3.63) is 277 Å². The smallest absolute Gasteiger partial charge is 0.0713 e. The minimum Gasteiger partial charge on any atom is -0.310 e. The minimum absolute atomic E-state index is 0.486. The number of anilines is 3. The van der Waals surface area contributed by atoms with E-state index in [4.69, 9.17) is 0 Å². The molecule has 65 heavy (non-hydrogen) atoms. The number of rotatable bonds is 7. The molecule has 2 heteroatoms. The lowest BCUT2D eigenvalue weighted by Crippen LogP contribution is -2.28. The van der Waals surface area contributed by atoms with E-state index in [0.717, 1.165) is 22.7 Å². The van der Waals surface area contributed by atoms with Crippen molar-refractivity contribution in [3.8, 4) is 27.9 Å². The first kappa shape index (κ1) is 37.1. The molecule has 0 fully saturated rings. The SMILES string of the molecule is c1ccc(-c2ccc3c(c2)c2c(N(c4ccccc4)c4ccc(C5(c6ccccc6)c6ccccc6-c6ccccc65)cc4)cc4ccccc4c2n3-c2cccc3ccccc23)cc1. The van der Waals surface area contributed by atoms with E-state index in [1.54, 1.807) is 0 Å². The van der Waals surface area contributed by atoms with Crippen LogP contribution in [0.15, 0.2) is 255 Å². The van der Waals surface area contributed by atoms with Crippen molar-refractivity contribution in [1.82, 2.24) is 4.57 Å². The Kier molecular flexibility index (Phi) is 8.47. The first-order valence-corrected chi connectivity index (χ1v) is 22.5. The number of hydrogen-bond acceptors (Lipinski definition) is 1. The molecule has 11 aromatic carbocycles. The maximum absolute atomic E-state index is 2.53. The molecule has 0 atom stereocenters. The Bertz CT molecular complexity index is 3700. The maximum Gasteiger partial charge on any atom is 0.0713 e. The van der Waals surface area contributed by atoms with Gasteiger partial charge in [0, 0.05) is 32.9 Å². The highest BCUT2D eigenvalue weighted by molar-refractivity contribution is 6.25. The molecule has 13 rings (SSSR count). The largest absolute Gasteiger partial charge is 0.310 e. The fourth-order valence-corrected chi connectivity index (χ4v) is 11.1. The molecule has 1 aliphatic rings. The molecule has 0 aliphatic heterocycles. The second-order valence-electron chi connectivity index (χ2n) is 17.2. The summed E-state index contributed by atoms with van der Waals surface area (Å²) in [6, 6.07) is 93.9. The number of para-hydroxylation sites is 1. The van der Waals surface area contributed by atoms with Crippen molar-refractivity contribution in [3.63, 3.8) is 0 Å². The third kappa shape index (κ3) is 5.60. The van der Waals surface area contributed by atoms with E-state index in [1.165, 1.54) is 87.9 Å². The highest BCUT2D eigenvalue weighted by Gasteiger charge is 2.45. The number of fused-ring (bicyclic) bond motifs is 9. The van der Waals surface area contributed by atoms with Gasteiger partial charge >= 0.3 is 0 Å². The lowest BCUT2D eigenvalue weighted by molar-refractivity contribution is 0.768. The molecular weight excluding hydrogens is 785 g/mol. The summed E-state index contributed by atoms with van der Waals surface area (Å²) in [6.45, 7) is 0. The number of aromatic nitrogens is 1. The lowest BCUT2D eigenvalue weighted by Gasteiger charge is -2.34. The Morgan fingerprint density at radius 2 is 0.908 bits per heavy atom. The van der Waals surface area contributed by atoms with Crippen LogP contribution in [0.4, 0.5) is 17.1 Å². The van der Waals surface area contributed by atoms with Gasteiger partial charge in [0.2, 0.25) is 0 Å².